The summed E-state index contributed by atoms with van der Waals surface area (Å²) in [6.45, 7) is 5.65. The van der Waals surface area contributed by atoms with Gasteiger partial charge in [0.15, 0.2) is 5.76 Å². The molecule has 1 saturated heterocycles. The monoisotopic (exact) mass is 277 g/mol. The molecule has 1 aliphatic rings. The van der Waals surface area contributed by atoms with Crippen LogP contribution in [-0.2, 0) is 0 Å². The maximum Gasteiger partial charge on any atom is 0.348 e. The quantitative estimate of drug-likeness (QED) is 0.885. The molecule has 0 spiro atoms. The van der Waals surface area contributed by atoms with Crippen molar-refractivity contribution in [1.29, 1.82) is 0 Å². The van der Waals surface area contributed by atoms with Crippen LogP contribution in [0.4, 0.5) is 0 Å². The van der Waals surface area contributed by atoms with Gasteiger partial charge in [-0.3, -0.25) is 0 Å². The summed E-state index contributed by atoms with van der Waals surface area (Å²) in [7, 11) is 2.09. The normalized spacial score (nSPS) is 20.4. The number of piperidine rings is 1. The van der Waals surface area contributed by atoms with Crippen LogP contribution in [0.3, 0.4) is 0 Å². The zero-order chi connectivity index (χ0) is 14.3. The molecule has 1 aliphatic heterocycles. The number of aromatic nitrogens is 4. The second-order valence-electron chi connectivity index (χ2n) is 5.50. The highest BCUT2D eigenvalue weighted by Gasteiger charge is 2.27. The number of hydrogen-bond donors (Lipinski definition) is 1. The molecule has 2 aromatic heterocycles. The molecule has 0 unspecified atom stereocenters. The average molecular weight is 277 g/mol. The third-order valence-corrected chi connectivity index (χ3v) is 3.91. The second-order valence-corrected chi connectivity index (χ2v) is 5.50. The van der Waals surface area contributed by atoms with E-state index in [0.29, 0.717) is 17.1 Å². The number of nitrogens with zero attached hydrogens (tertiary/aromatic N) is 4. The first-order valence-corrected chi connectivity index (χ1v) is 6.87. The Hall–Kier alpha value is -1.89. The van der Waals surface area contributed by atoms with Crippen molar-refractivity contribution in [3.63, 3.8) is 0 Å². The van der Waals surface area contributed by atoms with Crippen LogP contribution in [-0.4, -0.2) is 45.0 Å². The molecule has 0 aromatic carbocycles. The Labute approximate surface area is 116 Å². The Kier molecular flexibility index (Phi) is 3.21. The van der Waals surface area contributed by atoms with Gasteiger partial charge >= 0.3 is 5.69 Å². The lowest BCUT2D eigenvalue weighted by atomic mass is 9.97. The molecule has 7 nitrogen and oxygen atoms in total. The molecular formula is C13H19N5O2. The molecule has 1 N–H and O–H groups in total. The molecule has 0 aliphatic carbocycles. The molecule has 1 fully saturated rings. The van der Waals surface area contributed by atoms with Crippen molar-refractivity contribution in [2.24, 2.45) is 0 Å². The zero-order valence-electron chi connectivity index (χ0n) is 12.0. The van der Waals surface area contributed by atoms with E-state index in [1.54, 1.807) is 4.57 Å². The predicted molar refractivity (Wildman–Crippen MR) is 73.2 cm³/mol. The lowest BCUT2D eigenvalue weighted by Gasteiger charge is -2.28. The molecule has 3 heterocycles. The van der Waals surface area contributed by atoms with Gasteiger partial charge in [0.2, 0.25) is 0 Å². The van der Waals surface area contributed by atoms with Gasteiger partial charge in [-0.2, -0.15) is 5.10 Å². The maximum atomic E-state index is 12.1. The van der Waals surface area contributed by atoms with E-state index in [9.17, 15) is 4.79 Å². The topological polar surface area (TPSA) is 80.0 Å². The van der Waals surface area contributed by atoms with E-state index < -0.39 is 0 Å². The van der Waals surface area contributed by atoms with Gasteiger partial charge in [0, 0.05) is 12.5 Å². The predicted octanol–water partition coefficient (Wildman–Crippen LogP) is 0.975. The molecular weight excluding hydrogens is 258 g/mol. The van der Waals surface area contributed by atoms with Crippen molar-refractivity contribution in [1.82, 2.24) is 24.8 Å². The molecule has 0 saturated carbocycles. The molecule has 0 bridgehead atoms. The highest BCUT2D eigenvalue weighted by molar-refractivity contribution is 5.39. The van der Waals surface area contributed by atoms with Gasteiger partial charge in [0.05, 0.1) is 0 Å². The first-order chi connectivity index (χ1) is 9.58. The summed E-state index contributed by atoms with van der Waals surface area (Å²) in [5.41, 5.74) is 1.19. The molecule has 20 heavy (non-hydrogen) atoms. The minimum absolute atomic E-state index is 0.234. The van der Waals surface area contributed by atoms with E-state index in [0.717, 1.165) is 31.8 Å². The third-order valence-electron chi connectivity index (χ3n) is 3.91. The van der Waals surface area contributed by atoms with Crippen LogP contribution in [0.25, 0.3) is 5.69 Å². The Bertz CT molecular complexity index is 649. The van der Waals surface area contributed by atoms with Gasteiger partial charge < -0.3 is 9.42 Å². The number of aromatic amines is 1. The average Bonchev–Trinajstić information content (AvgIpc) is 2.93. The fourth-order valence-corrected chi connectivity index (χ4v) is 2.97. The number of nitrogens with one attached hydrogen (secondary N) is 1. The summed E-state index contributed by atoms with van der Waals surface area (Å²) in [6.07, 6.45) is 2.15. The fourth-order valence-electron chi connectivity index (χ4n) is 2.97. The van der Waals surface area contributed by atoms with E-state index in [-0.39, 0.29) is 11.6 Å². The molecule has 0 radical (unpaired) electrons. The van der Waals surface area contributed by atoms with Gasteiger partial charge in [0.1, 0.15) is 17.2 Å². The van der Waals surface area contributed by atoms with Crippen LogP contribution in [0.1, 0.15) is 36.0 Å². The molecule has 3 rings (SSSR count). The number of hydrogen-bond acceptors (Lipinski definition) is 5. The summed E-state index contributed by atoms with van der Waals surface area (Å²) >= 11 is 0. The van der Waals surface area contributed by atoms with Gasteiger partial charge in [-0.15, -0.1) is 0 Å². The van der Waals surface area contributed by atoms with Crippen LogP contribution >= 0.6 is 0 Å². The number of likely N-dealkylation sites (tertiary alicyclic amines) is 1. The number of aryl methyl sites for hydroxylation is 2. The minimum atomic E-state index is -0.234. The van der Waals surface area contributed by atoms with Crippen LogP contribution in [0.15, 0.2) is 9.32 Å². The minimum Gasteiger partial charge on any atom is -0.359 e. The van der Waals surface area contributed by atoms with Crippen molar-refractivity contribution in [3.8, 4) is 5.69 Å². The Morgan fingerprint density at radius 1 is 1.40 bits per heavy atom. The summed E-state index contributed by atoms with van der Waals surface area (Å²) in [5.74, 6) is 1.66. The molecule has 1 atom stereocenters. The lowest BCUT2D eigenvalue weighted by Crippen LogP contribution is -2.33. The lowest BCUT2D eigenvalue weighted by molar-refractivity contribution is 0.244. The van der Waals surface area contributed by atoms with E-state index in [1.165, 1.54) is 0 Å². The van der Waals surface area contributed by atoms with Crippen molar-refractivity contribution in [2.45, 2.75) is 32.6 Å². The molecule has 2 aromatic rings. The smallest absolute Gasteiger partial charge is 0.348 e. The van der Waals surface area contributed by atoms with Gasteiger partial charge in [0.25, 0.3) is 0 Å². The molecule has 7 heteroatoms. The largest absolute Gasteiger partial charge is 0.359 e. The standard InChI is InChI=1S/C13H19N5O2/c1-8-11(9(2)20-16-8)18-12(14-15-13(18)19)10-5-4-6-17(3)7-10/h10H,4-7H2,1-3H3,(H,15,19)/t10-/m1/s1. The summed E-state index contributed by atoms with van der Waals surface area (Å²) < 4.78 is 6.79. The van der Waals surface area contributed by atoms with Gasteiger partial charge in [-0.25, -0.2) is 14.5 Å². The van der Waals surface area contributed by atoms with Gasteiger partial charge in [-0.05, 0) is 40.3 Å². The van der Waals surface area contributed by atoms with E-state index in [2.05, 4.69) is 27.3 Å². The van der Waals surface area contributed by atoms with Crippen molar-refractivity contribution in [3.05, 3.63) is 27.8 Å². The first-order valence-electron chi connectivity index (χ1n) is 6.87. The third kappa shape index (κ3) is 2.07. The summed E-state index contributed by atoms with van der Waals surface area (Å²) in [4.78, 5) is 14.4. The SMILES string of the molecule is Cc1noc(C)c1-n1c([C@@H]2CCCN(C)C2)n[nH]c1=O. The summed E-state index contributed by atoms with van der Waals surface area (Å²) in [6, 6.07) is 0. The van der Waals surface area contributed by atoms with Gasteiger partial charge in [-0.1, -0.05) is 5.16 Å². The van der Waals surface area contributed by atoms with Crippen LogP contribution < -0.4 is 5.69 Å². The zero-order valence-corrected chi connectivity index (χ0v) is 12.0. The van der Waals surface area contributed by atoms with Crippen LogP contribution in [0.2, 0.25) is 0 Å². The van der Waals surface area contributed by atoms with Crippen molar-refractivity contribution < 1.29 is 4.52 Å². The van der Waals surface area contributed by atoms with Crippen LogP contribution in [0.5, 0.6) is 0 Å². The fraction of sp³-hybridized carbons (Fsp3) is 0.615. The van der Waals surface area contributed by atoms with Crippen molar-refractivity contribution in [2.75, 3.05) is 20.1 Å². The van der Waals surface area contributed by atoms with E-state index in [1.807, 2.05) is 13.8 Å². The molecule has 0 amide bonds. The Morgan fingerprint density at radius 3 is 2.85 bits per heavy atom. The number of rotatable bonds is 2. The van der Waals surface area contributed by atoms with E-state index in [4.69, 9.17) is 4.52 Å². The molecule has 108 valence electrons. The first kappa shape index (κ1) is 13.1. The Morgan fingerprint density at radius 2 is 2.20 bits per heavy atom. The summed E-state index contributed by atoms with van der Waals surface area (Å²) in [5, 5.41) is 10.7. The van der Waals surface area contributed by atoms with Crippen LogP contribution in [0, 0.1) is 13.8 Å². The van der Waals surface area contributed by atoms with Crippen molar-refractivity contribution >= 4 is 0 Å². The Balaban J connectivity index is 2.08. The number of H-pyrrole nitrogens is 1. The second kappa shape index (κ2) is 4.90. The highest BCUT2D eigenvalue weighted by Crippen LogP contribution is 2.27. The van der Waals surface area contributed by atoms with E-state index >= 15 is 0 Å². The number of likely N-dealkylation sites (N-methyl/N-ethyl adjacent to an activating group) is 1. The highest BCUT2D eigenvalue weighted by atomic mass is 16.5. The maximum absolute atomic E-state index is 12.1.